The van der Waals surface area contributed by atoms with Gasteiger partial charge in [0.1, 0.15) is 0 Å². The van der Waals surface area contributed by atoms with E-state index >= 15 is 0 Å². The lowest BCUT2D eigenvalue weighted by Crippen LogP contribution is -2.48. The van der Waals surface area contributed by atoms with Gasteiger partial charge >= 0.3 is 0 Å². The van der Waals surface area contributed by atoms with Crippen molar-refractivity contribution >= 4 is 21.8 Å². The number of aliphatic hydroxyl groups is 1. The van der Waals surface area contributed by atoms with Gasteiger partial charge in [-0.05, 0) is 37.5 Å². The third-order valence-electron chi connectivity index (χ3n) is 3.10. The number of carbonyl (C=O) groups excluding carboxylic acids is 1. The Kier molecular flexibility index (Phi) is 5.82. The summed E-state index contributed by atoms with van der Waals surface area (Å²) < 4.78 is 1.02. The van der Waals surface area contributed by atoms with E-state index in [4.69, 9.17) is 0 Å². The molecule has 0 heterocycles. The largest absolute Gasteiger partial charge is 0.394 e. The van der Waals surface area contributed by atoms with Gasteiger partial charge in [0.05, 0.1) is 12.1 Å². The zero-order chi connectivity index (χ0) is 13.6. The molecule has 3 nitrogen and oxygen atoms in total. The second-order valence-corrected chi connectivity index (χ2v) is 5.67. The molecule has 18 heavy (non-hydrogen) atoms. The zero-order valence-corrected chi connectivity index (χ0v) is 12.5. The van der Waals surface area contributed by atoms with Crippen LogP contribution in [0.4, 0.5) is 0 Å². The molecule has 0 fully saturated rings. The standard InChI is InChI=1S/C14H20BrNO2/c1-3-14(2,10-17)16-13(18)8-7-11-5-4-6-12(15)9-11/h4-6,9,17H,3,7-8,10H2,1-2H3,(H,16,18). The third-order valence-corrected chi connectivity index (χ3v) is 3.59. The summed E-state index contributed by atoms with van der Waals surface area (Å²) in [6, 6.07) is 7.94. The van der Waals surface area contributed by atoms with E-state index in [2.05, 4.69) is 21.2 Å². The van der Waals surface area contributed by atoms with Crippen LogP contribution in [0.5, 0.6) is 0 Å². The SMILES string of the molecule is CCC(C)(CO)NC(=O)CCc1cccc(Br)c1. The summed E-state index contributed by atoms with van der Waals surface area (Å²) in [6.07, 6.45) is 1.86. The highest BCUT2D eigenvalue weighted by Gasteiger charge is 2.22. The van der Waals surface area contributed by atoms with E-state index in [1.54, 1.807) is 0 Å². The smallest absolute Gasteiger partial charge is 0.220 e. The lowest BCUT2D eigenvalue weighted by molar-refractivity contribution is -0.123. The quantitative estimate of drug-likeness (QED) is 0.848. The average molecular weight is 314 g/mol. The van der Waals surface area contributed by atoms with Gasteiger partial charge in [-0.1, -0.05) is 35.0 Å². The molecule has 1 aromatic carbocycles. The van der Waals surface area contributed by atoms with Crippen molar-refractivity contribution < 1.29 is 9.90 Å². The van der Waals surface area contributed by atoms with Crippen LogP contribution in [0.25, 0.3) is 0 Å². The van der Waals surface area contributed by atoms with Gasteiger partial charge in [-0.3, -0.25) is 4.79 Å². The molecule has 1 aromatic rings. The molecule has 0 spiro atoms. The second kappa shape index (κ2) is 6.90. The van der Waals surface area contributed by atoms with E-state index in [9.17, 15) is 9.90 Å². The molecule has 0 aliphatic rings. The molecule has 1 atom stereocenters. The number of hydrogen-bond donors (Lipinski definition) is 2. The van der Waals surface area contributed by atoms with E-state index < -0.39 is 5.54 Å². The Morgan fingerprint density at radius 2 is 2.22 bits per heavy atom. The predicted molar refractivity (Wildman–Crippen MR) is 76.4 cm³/mol. The van der Waals surface area contributed by atoms with Crippen LogP contribution in [-0.4, -0.2) is 23.2 Å². The first kappa shape index (κ1) is 15.2. The Bertz CT molecular complexity index is 403. The number of aliphatic hydroxyl groups excluding tert-OH is 1. The van der Waals surface area contributed by atoms with Gasteiger partial charge in [0, 0.05) is 10.9 Å². The van der Waals surface area contributed by atoms with Crippen molar-refractivity contribution in [3.8, 4) is 0 Å². The van der Waals surface area contributed by atoms with Crippen molar-refractivity contribution in [1.29, 1.82) is 0 Å². The summed E-state index contributed by atoms with van der Waals surface area (Å²) in [6.45, 7) is 3.76. The number of rotatable bonds is 6. The van der Waals surface area contributed by atoms with Crippen LogP contribution in [0.2, 0.25) is 0 Å². The monoisotopic (exact) mass is 313 g/mol. The van der Waals surface area contributed by atoms with Crippen LogP contribution < -0.4 is 5.32 Å². The predicted octanol–water partition coefficient (Wildman–Crippen LogP) is 2.66. The molecule has 0 aliphatic heterocycles. The molecule has 2 N–H and O–H groups in total. The van der Waals surface area contributed by atoms with Crippen LogP contribution in [0.1, 0.15) is 32.3 Å². The fraction of sp³-hybridized carbons (Fsp3) is 0.500. The van der Waals surface area contributed by atoms with Crippen LogP contribution in [0.3, 0.4) is 0 Å². The van der Waals surface area contributed by atoms with Crippen molar-refractivity contribution in [2.24, 2.45) is 0 Å². The fourth-order valence-electron chi connectivity index (χ4n) is 1.59. The maximum absolute atomic E-state index is 11.8. The first-order valence-electron chi connectivity index (χ1n) is 6.15. The molecular formula is C14H20BrNO2. The molecule has 0 saturated heterocycles. The minimum atomic E-state index is -0.506. The number of nitrogens with one attached hydrogen (secondary N) is 1. The number of benzene rings is 1. The molecule has 1 amide bonds. The Balaban J connectivity index is 2.47. The Labute approximate surface area is 117 Å². The normalized spacial score (nSPS) is 14.0. The lowest BCUT2D eigenvalue weighted by Gasteiger charge is -2.27. The summed E-state index contributed by atoms with van der Waals surface area (Å²) in [4.78, 5) is 11.8. The van der Waals surface area contributed by atoms with E-state index in [1.807, 2.05) is 38.1 Å². The number of aryl methyl sites for hydroxylation is 1. The molecule has 0 bridgehead atoms. The van der Waals surface area contributed by atoms with Crippen LogP contribution in [-0.2, 0) is 11.2 Å². The fourth-order valence-corrected chi connectivity index (χ4v) is 2.04. The van der Waals surface area contributed by atoms with Crippen LogP contribution >= 0.6 is 15.9 Å². The minimum absolute atomic E-state index is 0.0200. The second-order valence-electron chi connectivity index (χ2n) is 4.75. The van der Waals surface area contributed by atoms with Gasteiger partial charge < -0.3 is 10.4 Å². The van der Waals surface area contributed by atoms with Crippen molar-refractivity contribution in [2.45, 2.75) is 38.6 Å². The van der Waals surface area contributed by atoms with Gasteiger partial charge in [-0.2, -0.15) is 0 Å². The van der Waals surface area contributed by atoms with E-state index in [1.165, 1.54) is 0 Å². The topological polar surface area (TPSA) is 49.3 Å². The summed E-state index contributed by atoms with van der Waals surface area (Å²) >= 11 is 3.41. The average Bonchev–Trinajstić information content (AvgIpc) is 2.36. The molecule has 0 saturated carbocycles. The first-order valence-corrected chi connectivity index (χ1v) is 6.95. The highest BCUT2D eigenvalue weighted by atomic mass is 79.9. The van der Waals surface area contributed by atoms with Gasteiger partial charge in [0.15, 0.2) is 0 Å². The molecule has 1 unspecified atom stereocenters. The van der Waals surface area contributed by atoms with Crippen molar-refractivity contribution in [3.05, 3.63) is 34.3 Å². The molecule has 100 valence electrons. The number of carbonyl (C=O) groups is 1. The van der Waals surface area contributed by atoms with Crippen molar-refractivity contribution in [3.63, 3.8) is 0 Å². The molecular weight excluding hydrogens is 294 g/mol. The Hall–Kier alpha value is -0.870. The van der Waals surface area contributed by atoms with Gasteiger partial charge in [-0.15, -0.1) is 0 Å². The lowest BCUT2D eigenvalue weighted by atomic mass is 9.99. The number of amides is 1. The molecule has 4 heteroatoms. The highest BCUT2D eigenvalue weighted by molar-refractivity contribution is 9.10. The van der Waals surface area contributed by atoms with E-state index in [0.717, 1.165) is 10.0 Å². The molecule has 0 aliphatic carbocycles. The van der Waals surface area contributed by atoms with Gasteiger partial charge in [-0.25, -0.2) is 0 Å². The first-order chi connectivity index (χ1) is 8.49. The zero-order valence-electron chi connectivity index (χ0n) is 10.9. The number of hydrogen-bond acceptors (Lipinski definition) is 2. The summed E-state index contributed by atoms with van der Waals surface area (Å²) in [5, 5.41) is 12.1. The Morgan fingerprint density at radius 3 is 2.78 bits per heavy atom. The molecule has 0 radical (unpaired) electrons. The van der Waals surface area contributed by atoms with Crippen LogP contribution in [0, 0.1) is 0 Å². The van der Waals surface area contributed by atoms with Crippen LogP contribution in [0.15, 0.2) is 28.7 Å². The Morgan fingerprint density at radius 1 is 1.50 bits per heavy atom. The summed E-state index contributed by atoms with van der Waals surface area (Å²) in [5.41, 5.74) is 0.621. The highest BCUT2D eigenvalue weighted by Crippen LogP contribution is 2.13. The van der Waals surface area contributed by atoms with E-state index in [-0.39, 0.29) is 12.5 Å². The summed E-state index contributed by atoms with van der Waals surface area (Å²) in [5.74, 6) is -0.0200. The summed E-state index contributed by atoms with van der Waals surface area (Å²) in [7, 11) is 0. The van der Waals surface area contributed by atoms with Gasteiger partial charge in [0.25, 0.3) is 0 Å². The maximum Gasteiger partial charge on any atom is 0.220 e. The van der Waals surface area contributed by atoms with Gasteiger partial charge in [0.2, 0.25) is 5.91 Å². The number of halogens is 1. The maximum atomic E-state index is 11.8. The van der Waals surface area contributed by atoms with Crippen molar-refractivity contribution in [1.82, 2.24) is 5.32 Å². The van der Waals surface area contributed by atoms with E-state index in [0.29, 0.717) is 19.3 Å². The molecule has 1 rings (SSSR count). The van der Waals surface area contributed by atoms with Crippen molar-refractivity contribution in [2.75, 3.05) is 6.61 Å². The third kappa shape index (κ3) is 4.78. The molecule has 0 aromatic heterocycles. The minimum Gasteiger partial charge on any atom is -0.394 e.